The SMILES string of the molecule is C=CC(=O)N[C@H]1COC[C@H]1Nc1ncc2cc(-c3c(F)c(OC)cc(OC)c3F)nc(NC3CC3)c2n1. The van der Waals surface area contributed by atoms with Crippen LogP contribution >= 0.6 is 0 Å². The first-order valence-corrected chi connectivity index (χ1v) is 11.7. The number of benzene rings is 1. The van der Waals surface area contributed by atoms with Crippen molar-refractivity contribution >= 4 is 28.6 Å². The van der Waals surface area contributed by atoms with E-state index in [1.165, 1.54) is 26.4 Å². The number of nitrogens with one attached hydrogen (secondary N) is 3. The van der Waals surface area contributed by atoms with Gasteiger partial charge in [0.15, 0.2) is 29.0 Å². The average Bonchev–Trinajstić information content (AvgIpc) is 3.62. The lowest BCUT2D eigenvalue weighted by molar-refractivity contribution is -0.117. The summed E-state index contributed by atoms with van der Waals surface area (Å²) in [5.41, 5.74) is 0.154. The van der Waals surface area contributed by atoms with E-state index in [1.54, 1.807) is 6.20 Å². The number of anilines is 2. The monoisotopic (exact) mass is 512 g/mol. The molecular formula is C25H26F2N6O4. The molecule has 1 amide bonds. The normalized spacial score (nSPS) is 18.9. The number of carbonyl (C=O) groups is 1. The summed E-state index contributed by atoms with van der Waals surface area (Å²) in [5.74, 6) is -1.74. The molecule has 3 heterocycles. The standard InChI is InChI=1S/C25H26F2N6O4/c1-4-19(34)30-15-10-37-11-16(15)32-25-28-9-12-7-14(31-24(23(12)33-25)29-13-5-6-13)20-21(26)17(35-2)8-18(36-3)22(20)27/h4,7-9,13,15-16H,1,5-6,10-11H2,2-3H3,(H,29,31)(H,30,34)(H,28,32,33)/t15-,16+/m0/s1. The number of hydrogen-bond acceptors (Lipinski definition) is 9. The van der Waals surface area contributed by atoms with Crippen molar-refractivity contribution in [3.05, 3.63) is 42.6 Å². The Morgan fingerprint density at radius 2 is 1.78 bits per heavy atom. The second kappa shape index (κ2) is 10.1. The maximum absolute atomic E-state index is 15.2. The second-order valence-corrected chi connectivity index (χ2v) is 8.80. The van der Waals surface area contributed by atoms with Crippen LogP contribution in [0.4, 0.5) is 20.5 Å². The number of rotatable bonds is 9. The minimum absolute atomic E-state index is 0.0450. The summed E-state index contributed by atoms with van der Waals surface area (Å²) < 4.78 is 46.1. The van der Waals surface area contributed by atoms with Gasteiger partial charge < -0.3 is 30.2 Å². The van der Waals surface area contributed by atoms with Crippen LogP contribution in [0, 0.1) is 11.6 Å². The molecular weight excluding hydrogens is 486 g/mol. The van der Waals surface area contributed by atoms with Crippen molar-refractivity contribution in [2.45, 2.75) is 31.0 Å². The lowest BCUT2D eigenvalue weighted by Gasteiger charge is -2.20. The quantitative estimate of drug-likeness (QED) is 0.372. The molecule has 1 saturated heterocycles. The molecule has 2 atom stereocenters. The maximum atomic E-state index is 15.2. The predicted octanol–water partition coefficient (Wildman–Crippen LogP) is 3.04. The maximum Gasteiger partial charge on any atom is 0.243 e. The van der Waals surface area contributed by atoms with Crippen molar-refractivity contribution in [2.24, 2.45) is 0 Å². The van der Waals surface area contributed by atoms with E-state index in [0.717, 1.165) is 18.9 Å². The minimum atomic E-state index is -0.891. The van der Waals surface area contributed by atoms with Gasteiger partial charge in [-0.05, 0) is 25.0 Å². The fourth-order valence-electron chi connectivity index (χ4n) is 4.12. The van der Waals surface area contributed by atoms with E-state index in [0.29, 0.717) is 35.9 Å². The number of amides is 1. The third-order valence-corrected chi connectivity index (χ3v) is 6.22. The molecule has 2 aliphatic rings. The Kier molecular flexibility index (Phi) is 6.74. The minimum Gasteiger partial charge on any atom is -0.494 e. The second-order valence-electron chi connectivity index (χ2n) is 8.80. The summed E-state index contributed by atoms with van der Waals surface area (Å²) in [5, 5.41) is 9.84. The van der Waals surface area contributed by atoms with Crippen LogP contribution in [0.15, 0.2) is 31.0 Å². The van der Waals surface area contributed by atoms with Crippen molar-refractivity contribution in [2.75, 3.05) is 38.1 Å². The number of fused-ring (bicyclic) bond motifs is 1. The molecule has 0 spiro atoms. The summed E-state index contributed by atoms with van der Waals surface area (Å²) in [6.45, 7) is 4.16. The van der Waals surface area contributed by atoms with Crippen molar-refractivity contribution in [3.8, 4) is 22.8 Å². The summed E-state index contributed by atoms with van der Waals surface area (Å²) in [4.78, 5) is 25.3. The zero-order valence-corrected chi connectivity index (χ0v) is 20.3. The van der Waals surface area contributed by atoms with E-state index in [4.69, 9.17) is 14.2 Å². The highest BCUT2D eigenvalue weighted by Crippen LogP contribution is 2.39. The number of pyridine rings is 1. The van der Waals surface area contributed by atoms with Gasteiger partial charge in [-0.3, -0.25) is 4.79 Å². The number of halogens is 2. The summed E-state index contributed by atoms with van der Waals surface area (Å²) in [6.07, 6.45) is 4.64. The molecule has 5 rings (SSSR count). The van der Waals surface area contributed by atoms with E-state index < -0.39 is 11.6 Å². The van der Waals surface area contributed by atoms with Crippen LogP contribution in [0.2, 0.25) is 0 Å². The predicted molar refractivity (Wildman–Crippen MR) is 133 cm³/mol. The van der Waals surface area contributed by atoms with E-state index in [2.05, 4.69) is 37.5 Å². The number of carbonyl (C=O) groups excluding carboxylic acids is 1. The van der Waals surface area contributed by atoms with Crippen LogP contribution in [-0.2, 0) is 9.53 Å². The molecule has 194 valence electrons. The van der Waals surface area contributed by atoms with Crippen LogP contribution in [-0.4, -0.2) is 66.4 Å². The molecule has 12 heteroatoms. The lowest BCUT2D eigenvalue weighted by atomic mass is 10.1. The van der Waals surface area contributed by atoms with Gasteiger partial charge in [0.1, 0.15) is 5.52 Å². The Morgan fingerprint density at radius 1 is 1.08 bits per heavy atom. The van der Waals surface area contributed by atoms with Gasteiger partial charge >= 0.3 is 0 Å². The number of ether oxygens (including phenoxy) is 3. The molecule has 10 nitrogen and oxygen atoms in total. The van der Waals surface area contributed by atoms with Gasteiger partial charge in [-0.2, -0.15) is 0 Å². The molecule has 2 fully saturated rings. The topological polar surface area (TPSA) is 120 Å². The summed E-state index contributed by atoms with van der Waals surface area (Å²) in [6, 6.07) is 2.30. The molecule has 3 aromatic rings. The number of aromatic nitrogens is 3. The summed E-state index contributed by atoms with van der Waals surface area (Å²) >= 11 is 0. The summed E-state index contributed by atoms with van der Waals surface area (Å²) in [7, 11) is 2.58. The smallest absolute Gasteiger partial charge is 0.243 e. The van der Waals surface area contributed by atoms with Gasteiger partial charge in [0.2, 0.25) is 11.9 Å². The largest absolute Gasteiger partial charge is 0.494 e. The molecule has 1 aliphatic heterocycles. The lowest BCUT2D eigenvalue weighted by Crippen LogP contribution is -2.45. The Morgan fingerprint density at radius 3 is 2.43 bits per heavy atom. The highest BCUT2D eigenvalue weighted by Gasteiger charge is 2.30. The highest BCUT2D eigenvalue weighted by molar-refractivity contribution is 5.92. The third-order valence-electron chi connectivity index (χ3n) is 6.22. The van der Waals surface area contributed by atoms with Crippen LogP contribution in [0.1, 0.15) is 12.8 Å². The highest BCUT2D eigenvalue weighted by atomic mass is 19.1. The fourth-order valence-corrected chi connectivity index (χ4v) is 4.12. The first kappa shape index (κ1) is 24.6. The van der Waals surface area contributed by atoms with Crippen LogP contribution in [0.25, 0.3) is 22.2 Å². The molecule has 1 aromatic carbocycles. The zero-order valence-electron chi connectivity index (χ0n) is 20.3. The van der Waals surface area contributed by atoms with Gasteiger partial charge in [0.25, 0.3) is 0 Å². The van der Waals surface area contributed by atoms with Crippen LogP contribution < -0.4 is 25.4 Å². The first-order chi connectivity index (χ1) is 17.9. The van der Waals surface area contributed by atoms with Crippen molar-refractivity contribution in [3.63, 3.8) is 0 Å². The molecule has 3 N–H and O–H groups in total. The van der Waals surface area contributed by atoms with Gasteiger partial charge in [-0.1, -0.05) is 6.58 Å². The van der Waals surface area contributed by atoms with E-state index in [9.17, 15) is 4.79 Å². The molecule has 0 radical (unpaired) electrons. The Balaban J connectivity index is 1.54. The van der Waals surface area contributed by atoms with Crippen molar-refractivity contribution in [1.29, 1.82) is 0 Å². The molecule has 1 saturated carbocycles. The van der Waals surface area contributed by atoms with Gasteiger partial charge in [0.05, 0.1) is 50.8 Å². The van der Waals surface area contributed by atoms with Gasteiger partial charge in [-0.25, -0.2) is 23.7 Å². The van der Waals surface area contributed by atoms with Crippen LogP contribution in [0.5, 0.6) is 11.5 Å². The molecule has 0 bridgehead atoms. The zero-order chi connectivity index (χ0) is 26.1. The Labute approximate surface area is 211 Å². The number of nitrogens with zero attached hydrogens (tertiary/aromatic N) is 3. The van der Waals surface area contributed by atoms with Crippen molar-refractivity contribution in [1.82, 2.24) is 20.3 Å². The first-order valence-electron chi connectivity index (χ1n) is 11.7. The molecule has 0 unspecified atom stereocenters. The van der Waals surface area contributed by atoms with Gasteiger partial charge in [0, 0.05) is 23.7 Å². The van der Waals surface area contributed by atoms with E-state index in [-0.39, 0.29) is 46.8 Å². The molecule has 2 aromatic heterocycles. The van der Waals surface area contributed by atoms with E-state index in [1.807, 2.05) is 0 Å². The average molecular weight is 513 g/mol. The Bertz CT molecular complexity index is 1340. The van der Waals surface area contributed by atoms with Crippen molar-refractivity contribution < 1.29 is 27.8 Å². The van der Waals surface area contributed by atoms with Gasteiger partial charge in [-0.15, -0.1) is 0 Å². The number of hydrogen-bond donors (Lipinski definition) is 3. The molecule has 1 aliphatic carbocycles. The molecule has 37 heavy (non-hydrogen) atoms. The fraction of sp³-hybridized carbons (Fsp3) is 0.360. The Hall–Kier alpha value is -4.06. The van der Waals surface area contributed by atoms with E-state index >= 15 is 8.78 Å². The number of methoxy groups -OCH3 is 2. The van der Waals surface area contributed by atoms with Crippen LogP contribution in [0.3, 0.4) is 0 Å². The third kappa shape index (κ3) is 4.96.